The Labute approximate surface area is 316 Å². The van der Waals surface area contributed by atoms with Crippen molar-refractivity contribution in [2.45, 2.75) is 112 Å². The number of aryl methyl sites for hydroxylation is 2. The van der Waals surface area contributed by atoms with Gasteiger partial charge in [0.05, 0.1) is 13.2 Å². The van der Waals surface area contributed by atoms with Crippen LogP contribution in [0.1, 0.15) is 96.2 Å². The Bertz CT molecular complexity index is 1870. The summed E-state index contributed by atoms with van der Waals surface area (Å²) >= 11 is 0. The second-order valence-corrected chi connectivity index (χ2v) is 12.6. The highest BCUT2D eigenvalue weighted by molar-refractivity contribution is 6.09. The summed E-state index contributed by atoms with van der Waals surface area (Å²) in [4.78, 5) is 24.5. The summed E-state index contributed by atoms with van der Waals surface area (Å²) in [6.45, 7) is 14.0. The van der Waals surface area contributed by atoms with E-state index in [-0.39, 0.29) is 69.6 Å². The van der Waals surface area contributed by atoms with Gasteiger partial charge in [-0.3, -0.25) is 9.59 Å². The highest BCUT2D eigenvalue weighted by Crippen LogP contribution is 2.31. The first kappa shape index (κ1) is 49.5. The molecule has 0 saturated carbocycles. The monoisotopic (exact) mass is 715 g/mol. The number of carbonyl (C=O) groups is 2. The Morgan fingerprint density at radius 1 is 0.519 bits per heavy atom. The Hall–Kier alpha value is -4.58. The summed E-state index contributed by atoms with van der Waals surface area (Å²) < 4.78 is 15.0. The molecule has 0 aliphatic carbocycles. The van der Waals surface area contributed by atoms with Crippen LogP contribution in [0, 0.1) is 25.7 Å². The van der Waals surface area contributed by atoms with Crippen LogP contribution in [-0.2, 0) is 32.2 Å². The van der Waals surface area contributed by atoms with Crippen molar-refractivity contribution in [2.75, 3.05) is 13.2 Å². The molecule has 6 rings (SSSR count). The molecule has 0 aliphatic heterocycles. The van der Waals surface area contributed by atoms with Gasteiger partial charge < -0.3 is 18.6 Å². The number of esters is 2. The number of para-hydroxylation sites is 2. The molecule has 0 radical (unpaired) electrons. The molecule has 4 aromatic carbocycles. The van der Waals surface area contributed by atoms with Crippen LogP contribution in [0.4, 0.5) is 0 Å². The van der Waals surface area contributed by atoms with Gasteiger partial charge >= 0.3 is 11.9 Å². The molecular formula is C46H70N2O4. The van der Waals surface area contributed by atoms with Crippen LogP contribution in [0.2, 0.25) is 0 Å². The van der Waals surface area contributed by atoms with E-state index < -0.39 is 0 Å². The number of carbonyl (C=O) groups excluding carboxylic acids is 2. The predicted molar refractivity (Wildman–Crippen MR) is 230 cm³/mol. The lowest BCUT2D eigenvalue weighted by atomic mass is 10.1. The van der Waals surface area contributed by atoms with Gasteiger partial charge in [0.25, 0.3) is 0 Å². The standard InChI is InChI=1S/C21H25NO2.C19H21NO2.6CH4/c1-5-14(2)13-24-21(23)12-22-19-10-15(3)6-8-17(19)18-9-7-16(4)11-20(18)22;1-3-14(2)13-22-19(21)12-20-17-10-6-4-8-15(17)16-9-5-7-11-18(16)20;;;;;;/h6-11,14H,5,12-13H2,1-4H3;4-11,14H,3,12-13H2,1-2H3;6*1H4. The Kier molecular flexibility index (Phi) is 21.3. The SMILES string of the molecule is C.C.C.C.C.C.CCC(C)COC(=O)Cn1c2cc(C)ccc2c2ccc(C)cc21.CCC(C)COC(=O)Cn1c2ccccc2c2ccccc21. The van der Waals surface area contributed by atoms with Crippen LogP contribution in [0.25, 0.3) is 43.6 Å². The van der Waals surface area contributed by atoms with Crippen molar-refractivity contribution in [3.63, 3.8) is 0 Å². The van der Waals surface area contributed by atoms with Gasteiger partial charge in [-0.25, -0.2) is 0 Å². The minimum Gasteiger partial charge on any atom is -0.464 e. The van der Waals surface area contributed by atoms with Crippen LogP contribution in [0.3, 0.4) is 0 Å². The lowest BCUT2D eigenvalue weighted by Gasteiger charge is -2.11. The zero-order chi connectivity index (χ0) is 32.8. The summed E-state index contributed by atoms with van der Waals surface area (Å²) in [7, 11) is 0. The molecule has 0 amide bonds. The maximum atomic E-state index is 12.3. The van der Waals surface area contributed by atoms with Crippen LogP contribution >= 0.6 is 0 Å². The summed E-state index contributed by atoms with van der Waals surface area (Å²) in [5, 5.41) is 4.72. The molecule has 6 aromatic rings. The molecule has 2 unspecified atom stereocenters. The van der Waals surface area contributed by atoms with Crippen LogP contribution in [-0.4, -0.2) is 34.3 Å². The van der Waals surface area contributed by atoms with E-state index >= 15 is 0 Å². The number of ether oxygens (including phenoxy) is 2. The van der Waals surface area contributed by atoms with Crippen molar-refractivity contribution in [1.29, 1.82) is 0 Å². The molecule has 52 heavy (non-hydrogen) atoms. The first-order valence-corrected chi connectivity index (χ1v) is 16.5. The first-order chi connectivity index (χ1) is 22.2. The van der Waals surface area contributed by atoms with Crippen LogP contribution in [0.15, 0.2) is 84.9 Å². The van der Waals surface area contributed by atoms with E-state index in [0.717, 1.165) is 34.9 Å². The molecule has 0 saturated heterocycles. The van der Waals surface area contributed by atoms with Crippen molar-refractivity contribution in [3.8, 4) is 0 Å². The third-order valence-electron chi connectivity index (χ3n) is 8.88. The fourth-order valence-electron chi connectivity index (χ4n) is 5.71. The molecule has 288 valence electrons. The number of aromatic nitrogens is 2. The zero-order valence-corrected chi connectivity index (χ0v) is 28.0. The third-order valence-corrected chi connectivity index (χ3v) is 8.88. The summed E-state index contributed by atoms with van der Waals surface area (Å²) in [6.07, 6.45) is 2.03. The Morgan fingerprint density at radius 3 is 1.21 bits per heavy atom. The number of hydrogen-bond acceptors (Lipinski definition) is 4. The maximum absolute atomic E-state index is 12.3. The summed E-state index contributed by atoms with van der Waals surface area (Å²) in [5.74, 6) is 0.461. The number of rotatable bonds is 10. The van der Waals surface area contributed by atoms with Crippen molar-refractivity contribution >= 4 is 55.6 Å². The summed E-state index contributed by atoms with van der Waals surface area (Å²) in [5.41, 5.74) is 6.72. The van der Waals surface area contributed by atoms with E-state index in [0.29, 0.717) is 25.0 Å². The van der Waals surface area contributed by atoms with Gasteiger partial charge in [-0.2, -0.15) is 0 Å². The average Bonchev–Trinajstić information content (AvgIpc) is 3.54. The van der Waals surface area contributed by atoms with Gasteiger partial charge in [0.2, 0.25) is 0 Å². The lowest BCUT2D eigenvalue weighted by molar-refractivity contribution is -0.146. The molecule has 6 nitrogen and oxygen atoms in total. The lowest BCUT2D eigenvalue weighted by Crippen LogP contribution is -2.16. The zero-order valence-electron chi connectivity index (χ0n) is 28.0. The van der Waals surface area contributed by atoms with Gasteiger partial charge in [0.15, 0.2) is 0 Å². The predicted octanol–water partition coefficient (Wildman–Crippen LogP) is 13.2. The molecule has 2 heterocycles. The Morgan fingerprint density at radius 2 is 0.846 bits per heavy atom. The third kappa shape index (κ3) is 11.2. The van der Waals surface area contributed by atoms with E-state index in [2.05, 4.69) is 107 Å². The topological polar surface area (TPSA) is 62.5 Å². The van der Waals surface area contributed by atoms with Gasteiger partial charge in [0, 0.05) is 43.6 Å². The quantitative estimate of drug-likeness (QED) is 0.133. The van der Waals surface area contributed by atoms with Crippen molar-refractivity contribution in [2.24, 2.45) is 11.8 Å². The second-order valence-electron chi connectivity index (χ2n) is 12.6. The fraction of sp³-hybridized carbons (Fsp3) is 0.435. The smallest absolute Gasteiger partial charge is 0.325 e. The van der Waals surface area contributed by atoms with E-state index in [4.69, 9.17) is 9.47 Å². The normalized spacial score (nSPS) is 11.2. The fourth-order valence-corrected chi connectivity index (χ4v) is 5.71. The van der Waals surface area contributed by atoms with Gasteiger partial charge in [0.1, 0.15) is 13.1 Å². The summed E-state index contributed by atoms with van der Waals surface area (Å²) in [6, 6.07) is 29.2. The van der Waals surface area contributed by atoms with E-state index in [1.54, 1.807) is 0 Å². The van der Waals surface area contributed by atoms with Crippen LogP contribution < -0.4 is 0 Å². The number of nitrogens with zero attached hydrogens (tertiary/aromatic N) is 2. The van der Waals surface area contributed by atoms with Gasteiger partial charge in [-0.1, -0.05) is 146 Å². The largest absolute Gasteiger partial charge is 0.464 e. The first-order valence-electron chi connectivity index (χ1n) is 16.5. The minimum atomic E-state index is -0.174. The molecule has 6 heteroatoms. The van der Waals surface area contributed by atoms with E-state index in [1.807, 2.05) is 28.8 Å². The molecular weight excluding hydrogens is 645 g/mol. The maximum Gasteiger partial charge on any atom is 0.325 e. The van der Waals surface area contributed by atoms with Gasteiger partial charge in [-0.15, -0.1) is 0 Å². The van der Waals surface area contributed by atoms with E-state index in [1.165, 1.54) is 32.7 Å². The molecule has 0 spiro atoms. The molecule has 0 fully saturated rings. The van der Waals surface area contributed by atoms with Gasteiger partial charge in [-0.05, 0) is 61.1 Å². The van der Waals surface area contributed by atoms with Crippen molar-refractivity contribution in [3.05, 3.63) is 96.1 Å². The minimum absolute atomic E-state index is 0. The van der Waals surface area contributed by atoms with E-state index in [9.17, 15) is 9.59 Å². The second kappa shape index (κ2) is 22.4. The average molecular weight is 715 g/mol. The number of hydrogen-bond donors (Lipinski definition) is 0. The van der Waals surface area contributed by atoms with Crippen molar-refractivity contribution < 1.29 is 19.1 Å². The number of benzene rings is 4. The highest BCUT2D eigenvalue weighted by atomic mass is 16.5. The van der Waals surface area contributed by atoms with Crippen molar-refractivity contribution in [1.82, 2.24) is 9.13 Å². The Balaban J connectivity index is 0. The molecule has 0 bridgehead atoms. The highest BCUT2D eigenvalue weighted by Gasteiger charge is 2.16. The molecule has 0 N–H and O–H groups in total. The molecule has 2 atom stereocenters. The number of fused-ring (bicyclic) bond motifs is 6. The molecule has 0 aliphatic rings. The molecule has 2 aromatic heterocycles. The van der Waals surface area contributed by atoms with Crippen LogP contribution in [0.5, 0.6) is 0 Å².